The Bertz CT molecular complexity index is 1040. The molecular formula is C30H43N3O4. The minimum absolute atomic E-state index is 0.262. The molecule has 2 aromatic carbocycles. The van der Waals surface area contributed by atoms with Crippen molar-refractivity contribution in [1.29, 1.82) is 0 Å². The van der Waals surface area contributed by atoms with Gasteiger partial charge in [-0.05, 0) is 71.6 Å². The number of hydrogen-bond acceptors (Lipinski definition) is 4. The number of likely N-dealkylation sites (N-methyl/N-ethyl adjacent to an activating group) is 1. The van der Waals surface area contributed by atoms with E-state index in [1.165, 1.54) is 4.90 Å². The number of carbonyl (C=O) groups excluding carboxylic acids is 3. The largest absolute Gasteiger partial charge is 0.444 e. The van der Waals surface area contributed by atoms with Crippen LogP contribution in [0.1, 0.15) is 78.1 Å². The summed E-state index contributed by atoms with van der Waals surface area (Å²) in [5.74, 6) is -0.631. The molecule has 7 heteroatoms. The molecule has 0 saturated heterocycles. The number of carbonyl (C=O) groups is 3. The van der Waals surface area contributed by atoms with Gasteiger partial charge in [0.1, 0.15) is 17.7 Å². The zero-order valence-electron chi connectivity index (χ0n) is 23.6. The van der Waals surface area contributed by atoms with Gasteiger partial charge < -0.3 is 20.3 Å². The molecule has 0 heterocycles. The normalized spacial score (nSPS) is 13.3. The summed E-state index contributed by atoms with van der Waals surface area (Å²) in [6, 6.07) is 15.4. The molecule has 2 unspecified atom stereocenters. The molecule has 7 nitrogen and oxygen atoms in total. The van der Waals surface area contributed by atoms with Crippen molar-refractivity contribution in [3.63, 3.8) is 0 Å². The monoisotopic (exact) mass is 509 g/mol. The number of nitrogens with one attached hydrogen (secondary N) is 2. The van der Waals surface area contributed by atoms with Crippen LogP contribution < -0.4 is 10.6 Å². The number of ether oxygens (including phenoxy) is 1. The summed E-state index contributed by atoms with van der Waals surface area (Å²) < 4.78 is 5.45. The second-order valence-corrected chi connectivity index (χ2v) is 11.2. The summed E-state index contributed by atoms with van der Waals surface area (Å²) in [5, 5.41) is 5.80. The molecule has 37 heavy (non-hydrogen) atoms. The Kier molecular flexibility index (Phi) is 10.3. The highest BCUT2D eigenvalue weighted by atomic mass is 16.6. The number of rotatable bonds is 9. The van der Waals surface area contributed by atoms with Crippen LogP contribution >= 0.6 is 0 Å². The minimum Gasteiger partial charge on any atom is -0.444 e. The first-order chi connectivity index (χ1) is 17.2. The topological polar surface area (TPSA) is 87.7 Å². The quantitative estimate of drug-likeness (QED) is 0.487. The summed E-state index contributed by atoms with van der Waals surface area (Å²) >= 11 is 0. The van der Waals surface area contributed by atoms with Gasteiger partial charge in [0.25, 0.3) is 0 Å². The molecule has 0 aliphatic carbocycles. The van der Waals surface area contributed by atoms with Crippen LogP contribution in [-0.2, 0) is 27.2 Å². The molecular weight excluding hydrogens is 466 g/mol. The van der Waals surface area contributed by atoms with Crippen LogP contribution in [0.2, 0.25) is 0 Å². The third-order valence-corrected chi connectivity index (χ3v) is 5.66. The number of benzene rings is 2. The molecule has 2 atom stereocenters. The first kappa shape index (κ1) is 29.9. The summed E-state index contributed by atoms with van der Waals surface area (Å²) in [4.78, 5) is 41.9. The second kappa shape index (κ2) is 12.7. The Balaban J connectivity index is 2.48. The molecule has 0 aromatic heterocycles. The lowest BCUT2D eigenvalue weighted by Crippen LogP contribution is -2.55. The van der Waals surface area contributed by atoms with Crippen LogP contribution in [0.25, 0.3) is 0 Å². The van der Waals surface area contributed by atoms with Crippen molar-refractivity contribution in [2.24, 2.45) is 0 Å². The van der Waals surface area contributed by atoms with Crippen molar-refractivity contribution in [3.8, 4) is 0 Å². The lowest BCUT2D eigenvalue weighted by atomic mass is 9.98. The fourth-order valence-corrected chi connectivity index (χ4v) is 4.01. The molecule has 2 aromatic rings. The summed E-state index contributed by atoms with van der Waals surface area (Å²) in [6.07, 6.45) is 0.451. The van der Waals surface area contributed by atoms with Gasteiger partial charge in [0.05, 0.1) is 0 Å². The third kappa shape index (κ3) is 9.56. The maximum Gasteiger partial charge on any atom is 0.408 e. The lowest BCUT2D eigenvalue weighted by Gasteiger charge is -2.35. The van der Waals surface area contributed by atoms with E-state index in [0.717, 1.165) is 17.5 Å². The first-order valence-corrected chi connectivity index (χ1v) is 13.0. The maximum atomic E-state index is 14.1. The molecule has 0 aliphatic rings. The van der Waals surface area contributed by atoms with Crippen molar-refractivity contribution < 1.29 is 19.1 Å². The Hall–Kier alpha value is -3.35. The zero-order chi connectivity index (χ0) is 27.8. The molecule has 0 bridgehead atoms. The van der Waals surface area contributed by atoms with Gasteiger partial charge in [0.2, 0.25) is 11.8 Å². The average Bonchev–Trinajstić information content (AvgIpc) is 2.80. The molecule has 2 rings (SSSR count). The molecule has 2 N–H and O–H groups in total. The molecule has 0 fully saturated rings. The Morgan fingerprint density at radius 3 is 1.95 bits per heavy atom. The zero-order valence-corrected chi connectivity index (χ0v) is 23.6. The molecule has 202 valence electrons. The Morgan fingerprint density at radius 2 is 1.46 bits per heavy atom. The van der Waals surface area contributed by atoms with Gasteiger partial charge in [-0.15, -0.1) is 0 Å². The predicted molar refractivity (Wildman–Crippen MR) is 147 cm³/mol. The van der Waals surface area contributed by atoms with Crippen molar-refractivity contribution in [1.82, 2.24) is 15.5 Å². The Morgan fingerprint density at radius 1 is 0.865 bits per heavy atom. The SMILES string of the molecule is CCc1ccc(C(C(=O)NC(C)(C)C)N(CC)C(=O)C(Cc2ccccc2)NC(=O)OC(C)(C)C)cc1. The number of hydrogen-bond donors (Lipinski definition) is 2. The van der Waals surface area contributed by atoms with Crippen molar-refractivity contribution in [2.75, 3.05) is 6.54 Å². The van der Waals surface area contributed by atoms with Gasteiger partial charge in [0, 0.05) is 18.5 Å². The highest BCUT2D eigenvalue weighted by Gasteiger charge is 2.36. The highest BCUT2D eigenvalue weighted by molar-refractivity contribution is 5.92. The second-order valence-electron chi connectivity index (χ2n) is 11.2. The standard InChI is InChI=1S/C30H43N3O4/c1-9-21-16-18-23(19-17-21)25(26(34)32-29(3,4)5)33(10-2)27(35)24(20-22-14-12-11-13-15-22)31-28(36)37-30(6,7)8/h11-19,24-25H,9-10,20H2,1-8H3,(H,31,36)(H,32,34). The van der Waals surface area contributed by atoms with E-state index in [9.17, 15) is 14.4 Å². The van der Waals surface area contributed by atoms with Gasteiger partial charge in [-0.1, -0.05) is 61.5 Å². The molecule has 0 radical (unpaired) electrons. The van der Waals surface area contributed by atoms with E-state index in [4.69, 9.17) is 4.74 Å². The molecule has 0 spiro atoms. The van der Waals surface area contributed by atoms with Crippen molar-refractivity contribution >= 4 is 17.9 Å². The summed E-state index contributed by atoms with van der Waals surface area (Å²) in [5.41, 5.74) is 1.53. The van der Waals surface area contributed by atoms with Crippen LogP contribution in [0.5, 0.6) is 0 Å². The van der Waals surface area contributed by atoms with Crippen molar-refractivity contribution in [2.45, 2.75) is 91.5 Å². The van der Waals surface area contributed by atoms with E-state index in [0.29, 0.717) is 5.56 Å². The van der Waals surface area contributed by atoms with E-state index in [1.807, 2.05) is 82.3 Å². The number of aryl methyl sites for hydroxylation is 1. The van der Waals surface area contributed by atoms with E-state index < -0.39 is 29.3 Å². The van der Waals surface area contributed by atoms with Crippen LogP contribution in [-0.4, -0.2) is 46.5 Å². The first-order valence-electron chi connectivity index (χ1n) is 13.0. The van der Waals surface area contributed by atoms with E-state index in [2.05, 4.69) is 17.6 Å². The number of alkyl carbamates (subject to hydrolysis) is 1. The molecule has 0 aliphatic heterocycles. The predicted octanol–water partition coefficient (Wildman–Crippen LogP) is 5.19. The smallest absolute Gasteiger partial charge is 0.408 e. The number of amides is 3. The van der Waals surface area contributed by atoms with Gasteiger partial charge >= 0.3 is 6.09 Å². The average molecular weight is 510 g/mol. The third-order valence-electron chi connectivity index (χ3n) is 5.66. The van der Waals surface area contributed by atoms with Gasteiger partial charge in [-0.25, -0.2) is 4.79 Å². The van der Waals surface area contributed by atoms with Crippen LogP contribution in [0, 0.1) is 0 Å². The van der Waals surface area contributed by atoms with E-state index in [1.54, 1.807) is 20.8 Å². The van der Waals surface area contributed by atoms with Crippen LogP contribution in [0.3, 0.4) is 0 Å². The van der Waals surface area contributed by atoms with Crippen molar-refractivity contribution in [3.05, 3.63) is 71.3 Å². The van der Waals surface area contributed by atoms with E-state index in [-0.39, 0.29) is 24.8 Å². The maximum absolute atomic E-state index is 14.1. The van der Waals surface area contributed by atoms with Gasteiger partial charge in [-0.2, -0.15) is 0 Å². The minimum atomic E-state index is -0.919. The summed E-state index contributed by atoms with van der Waals surface area (Å²) in [6.45, 7) is 15.2. The molecule has 3 amide bonds. The van der Waals surface area contributed by atoms with E-state index >= 15 is 0 Å². The number of nitrogens with zero attached hydrogens (tertiary/aromatic N) is 1. The fraction of sp³-hybridized carbons (Fsp3) is 0.500. The van der Waals surface area contributed by atoms with Crippen LogP contribution in [0.4, 0.5) is 4.79 Å². The fourth-order valence-electron chi connectivity index (χ4n) is 4.01. The Labute approximate surface area is 222 Å². The summed E-state index contributed by atoms with van der Waals surface area (Å²) in [7, 11) is 0. The van der Waals surface area contributed by atoms with Gasteiger partial charge in [-0.3, -0.25) is 9.59 Å². The van der Waals surface area contributed by atoms with Gasteiger partial charge in [0.15, 0.2) is 0 Å². The van der Waals surface area contributed by atoms with Crippen LogP contribution in [0.15, 0.2) is 54.6 Å². The highest BCUT2D eigenvalue weighted by Crippen LogP contribution is 2.25. The molecule has 0 saturated carbocycles. The lowest BCUT2D eigenvalue weighted by molar-refractivity contribution is -0.142.